The number of carbonyl (C=O) groups excluding carboxylic acids is 2. The second-order valence-corrected chi connectivity index (χ2v) is 7.83. The zero-order valence-electron chi connectivity index (χ0n) is 18.3. The van der Waals surface area contributed by atoms with Gasteiger partial charge in [-0.15, -0.1) is 0 Å². The van der Waals surface area contributed by atoms with Gasteiger partial charge in [0.05, 0.1) is 25.5 Å². The number of hydrogen-bond donors (Lipinski definition) is 1. The molecule has 7 heteroatoms. The molecule has 164 valence electrons. The molecule has 0 saturated carbocycles. The molecule has 2 amide bonds. The summed E-state index contributed by atoms with van der Waals surface area (Å²) < 4.78 is 10.8. The second kappa shape index (κ2) is 8.88. The van der Waals surface area contributed by atoms with E-state index in [-0.39, 0.29) is 18.0 Å². The van der Waals surface area contributed by atoms with Gasteiger partial charge in [-0.1, -0.05) is 12.1 Å². The molecule has 1 atom stereocenters. The van der Waals surface area contributed by atoms with Gasteiger partial charge in [0.2, 0.25) is 0 Å². The molecule has 0 unspecified atom stereocenters. The van der Waals surface area contributed by atoms with Crippen LogP contribution in [0.15, 0.2) is 36.4 Å². The lowest BCUT2D eigenvalue weighted by atomic mass is 9.97. The van der Waals surface area contributed by atoms with Crippen molar-refractivity contribution < 1.29 is 19.1 Å². The third-order valence-corrected chi connectivity index (χ3v) is 6.16. The summed E-state index contributed by atoms with van der Waals surface area (Å²) in [4.78, 5) is 30.2. The van der Waals surface area contributed by atoms with Crippen molar-refractivity contribution in [3.05, 3.63) is 53.1 Å². The van der Waals surface area contributed by atoms with E-state index in [1.165, 1.54) is 0 Å². The lowest BCUT2D eigenvalue weighted by molar-refractivity contribution is 0.0582. The van der Waals surface area contributed by atoms with Gasteiger partial charge in [0.15, 0.2) is 11.5 Å². The fourth-order valence-corrected chi connectivity index (χ4v) is 4.63. The quantitative estimate of drug-likeness (QED) is 0.771. The number of nitrogens with one attached hydrogen (secondary N) is 1. The van der Waals surface area contributed by atoms with Gasteiger partial charge in [0.25, 0.3) is 11.8 Å². The average molecular weight is 424 g/mol. The van der Waals surface area contributed by atoms with Crippen molar-refractivity contribution in [2.45, 2.75) is 38.9 Å². The molecule has 4 rings (SSSR count). The van der Waals surface area contributed by atoms with Crippen LogP contribution in [0.2, 0.25) is 0 Å². The highest BCUT2D eigenvalue weighted by Gasteiger charge is 2.38. The monoisotopic (exact) mass is 423 g/mol. The molecule has 1 saturated heterocycles. The number of hydrogen-bond acceptors (Lipinski definition) is 5. The summed E-state index contributed by atoms with van der Waals surface area (Å²) in [5, 5.41) is 2.96. The minimum Gasteiger partial charge on any atom is -0.493 e. The Labute approximate surface area is 182 Å². The first-order valence-electron chi connectivity index (χ1n) is 10.8. The first-order chi connectivity index (χ1) is 15.1. The number of methoxy groups -OCH3 is 2. The van der Waals surface area contributed by atoms with Crippen molar-refractivity contribution in [2.75, 3.05) is 32.2 Å². The van der Waals surface area contributed by atoms with Crippen molar-refractivity contribution >= 4 is 17.5 Å². The van der Waals surface area contributed by atoms with Crippen LogP contribution in [0.1, 0.15) is 52.5 Å². The molecule has 0 spiro atoms. The molecule has 2 aliphatic rings. The number of piperidine rings is 1. The van der Waals surface area contributed by atoms with Crippen LogP contribution >= 0.6 is 0 Å². The molecule has 1 fully saturated rings. The highest BCUT2D eigenvalue weighted by Crippen LogP contribution is 2.36. The summed E-state index contributed by atoms with van der Waals surface area (Å²) in [6.07, 6.45) is 3.20. The van der Waals surface area contributed by atoms with E-state index in [2.05, 4.69) is 17.1 Å². The number of carbonyl (C=O) groups is 2. The Balaban J connectivity index is 1.57. The Morgan fingerprint density at radius 3 is 2.74 bits per heavy atom. The summed E-state index contributed by atoms with van der Waals surface area (Å²) in [7, 11) is 3.17. The number of fused-ring (bicyclic) bond motifs is 2. The summed E-state index contributed by atoms with van der Waals surface area (Å²) >= 11 is 0. The summed E-state index contributed by atoms with van der Waals surface area (Å²) in [5.74, 6) is 1.10. The predicted molar refractivity (Wildman–Crippen MR) is 119 cm³/mol. The van der Waals surface area contributed by atoms with Crippen LogP contribution in [0.25, 0.3) is 0 Å². The van der Waals surface area contributed by atoms with E-state index >= 15 is 0 Å². The van der Waals surface area contributed by atoms with E-state index in [4.69, 9.17) is 9.47 Å². The third-order valence-electron chi connectivity index (χ3n) is 6.16. The maximum absolute atomic E-state index is 13.0. The van der Waals surface area contributed by atoms with Gasteiger partial charge < -0.3 is 24.6 Å². The first kappa shape index (κ1) is 21.0. The van der Waals surface area contributed by atoms with Gasteiger partial charge in [-0.3, -0.25) is 9.59 Å². The molecule has 31 heavy (non-hydrogen) atoms. The molecule has 0 aromatic heterocycles. The van der Waals surface area contributed by atoms with E-state index in [0.717, 1.165) is 43.6 Å². The number of para-hydroxylation sites is 1. The Hall–Kier alpha value is -3.22. The van der Waals surface area contributed by atoms with Crippen LogP contribution in [0.4, 0.5) is 5.69 Å². The Bertz CT molecular complexity index is 991. The van der Waals surface area contributed by atoms with Crippen LogP contribution in [-0.2, 0) is 6.54 Å². The highest BCUT2D eigenvalue weighted by atomic mass is 16.5. The molecule has 2 aliphatic heterocycles. The molecule has 2 aromatic carbocycles. The van der Waals surface area contributed by atoms with Crippen LogP contribution in [0.3, 0.4) is 0 Å². The highest BCUT2D eigenvalue weighted by molar-refractivity contribution is 6.04. The van der Waals surface area contributed by atoms with Crippen molar-refractivity contribution in [2.24, 2.45) is 0 Å². The van der Waals surface area contributed by atoms with Gasteiger partial charge in [-0.2, -0.15) is 0 Å². The lowest BCUT2D eigenvalue weighted by Gasteiger charge is -2.47. The van der Waals surface area contributed by atoms with E-state index in [9.17, 15) is 9.59 Å². The van der Waals surface area contributed by atoms with Crippen LogP contribution in [-0.4, -0.2) is 50.2 Å². The molecule has 0 radical (unpaired) electrons. The van der Waals surface area contributed by atoms with Crippen LogP contribution < -0.4 is 19.7 Å². The minimum atomic E-state index is -0.192. The Kier molecular flexibility index (Phi) is 6.02. The summed E-state index contributed by atoms with van der Waals surface area (Å²) in [6.45, 7) is 3.98. The van der Waals surface area contributed by atoms with E-state index < -0.39 is 0 Å². The van der Waals surface area contributed by atoms with Crippen LogP contribution in [0.5, 0.6) is 11.5 Å². The van der Waals surface area contributed by atoms with Crippen molar-refractivity contribution in [1.29, 1.82) is 0 Å². The summed E-state index contributed by atoms with van der Waals surface area (Å²) in [6, 6.07) is 10.9. The first-order valence-corrected chi connectivity index (χ1v) is 10.8. The molecular weight excluding hydrogens is 394 g/mol. The molecule has 0 bridgehead atoms. The van der Waals surface area contributed by atoms with Crippen molar-refractivity contribution in [3.8, 4) is 11.5 Å². The molecule has 0 aliphatic carbocycles. The minimum absolute atomic E-state index is 0.0671. The molecular formula is C24H29N3O4. The number of benzene rings is 2. The number of amides is 2. The molecule has 1 N–H and O–H groups in total. The van der Waals surface area contributed by atoms with E-state index in [1.54, 1.807) is 26.4 Å². The summed E-state index contributed by atoms with van der Waals surface area (Å²) in [5.41, 5.74) is 2.89. The van der Waals surface area contributed by atoms with Crippen molar-refractivity contribution in [1.82, 2.24) is 10.2 Å². The zero-order chi connectivity index (χ0) is 22.0. The number of nitrogens with zero attached hydrogens (tertiary/aromatic N) is 2. The molecule has 2 aromatic rings. The van der Waals surface area contributed by atoms with Gasteiger partial charge >= 0.3 is 0 Å². The third kappa shape index (κ3) is 3.80. The fraction of sp³-hybridized carbons (Fsp3) is 0.417. The number of ether oxygens (including phenoxy) is 2. The van der Waals surface area contributed by atoms with Gasteiger partial charge in [-0.05, 0) is 50.5 Å². The maximum atomic E-state index is 13.0. The van der Waals surface area contributed by atoms with Crippen LogP contribution in [0, 0.1) is 0 Å². The average Bonchev–Trinajstić information content (AvgIpc) is 2.82. The SMILES string of the molecule is CCN1c2cc(C(=O)NCc3cccc(OC)c3OC)ccc2C(=O)N2CCCC[C@@H]21. The molecule has 2 heterocycles. The fourth-order valence-electron chi connectivity index (χ4n) is 4.63. The Morgan fingerprint density at radius 1 is 1.16 bits per heavy atom. The van der Waals surface area contributed by atoms with E-state index in [1.807, 2.05) is 29.2 Å². The van der Waals surface area contributed by atoms with Crippen molar-refractivity contribution in [3.63, 3.8) is 0 Å². The topological polar surface area (TPSA) is 71.1 Å². The van der Waals surface area contributed by atoms with E-state index in [0.29, 0.717) is 29.2 Å². The maximum Gasteiger partial charge on any atom is 0.257 e. The second-order valence-electron chi connectivity index (χ2n) is 7.83. The lowest BCUT2D eigenvalue weighted by Crippen LogP contribution is -2.57. The largest absolute Gasteiger partial charge is 0.493 e. The molecule has 7 nitrogen and oxygen atoms in total. The van der Waals surface area contributed by atoms with Gasteiger partial charge in [-0.25, -0.2) is 0 Å². The number of anilines is 1. The predicted octanol–water partition coefficient (Wildman–Crippen LogP) is 3.43. The zero-order valence-corrected chi connectivity index (χ0v) is 18.3. The number of rotatable bonds is 6. The standard InChI is InChI=1S/C24H29N3O4/c1-4-26-19-14-16(11-12-18(19)24(29)27-13-6-5-10-21(26)27)23(28)25-15-17-8-7-9-20(30-2)22(17)31-3/h7-9,11-12,14,21H,4-6,10,13,15H2,1-3H3,(H,25,28)/t21-/m1/s1. The van der Waals surface area contributed by atoms with Gasteiger partial charge in [0, 0.05) is 30.8 Å². The smallest absolute Gasteiger partial charge is 0.257 e. The normalized spacial score (nSPS) is 17.6. The Morgan fingerprint density at radius 2 is 2.00 bits per heavy atom. The van der Waals surface area contributed by atoms with Gasteiger partial charge in [0.1, 0.15) is 6.17 Å².